The third-order valence-electron chi connectivity index (χ3n) is 7.90. The molecular weight excluding hydrogens is 417 g/mol. The molecule has 0 amide bonds. The summed E-state index contributed by atoms with van der Waals surface area (Å²) in [7, 11) is 2.01. The van der Waals surface area contributed by atoms with Gasteiger partial charge < -0.3 is 15.2 Å². The number of aryl methyl sites for hydroxylation is 2. The second-order valence-corrected chi connectivity index (χ2v) is 9.56. The van der Waals surface area contributed by atoms with Crippen LogP contribution in [0.1, 0.15) is 41.5 Å². The molecule has 33 heavy (non-hydrogen) atoms. The highest BCUT2D eigenvalue weighted by molar-refractivity contribution is 5.74. The molecule has 2 N–H and O–H groups in total. The standard InChI is InChI=1S/C25H28FN7/c1-15-22(21-14-28-16(2)31(21)3)33-20(7-10-29-33)24(30-15)32-11-8-25(9-12-32)13-18-17(23(25)27)5-4-6-19(18)26/h4-7,10,14,23H,8-9,11-13,27H2,1-3H3/t23-/m1/s1. The molecule has 1 aromatic carbocycles. The Morgan fingerprint density at radius 1 is 1.15 bits per heavy atom. The highest BCUT2D eigenvalue weighted by atomic mass is 19.1. The number of rotatable bonds is 2. The molecule has 0 unspecified atom stereocenters. The second kappa shape index (κ2) is 7.12. The Kier molecular flexibility index (Phi) is 4.39. The van der Waals surface area contributed by atoms with Crippen LogP contribution >= 0.6 is 0 Å². The van der Waals surface area contributed by atoms with Gasteiger partial charge in [0, 0.05) is 26.2 Å². The minimum atomic E-state index is -0.124. The van der Waals surface area contributed by atoms with Gasteiger partial charge in [0.2, 0.25) is 0 Å². The van der Waals surface area contributed by atoms with Crippen molar-refractivity contribution in [2.75, 3.05) is 18.0 Å². The summed E-state index contributed by atoms with van der Waals surface area (Å²) in [5.74, 6) is 1.76. The number of benzene rings is 1. The maximum Gasteiger partial charge on any atom is 0.155 e. The van der Waals surface area contributed by atoms with Crippen molar-refractivity contribution >= 4 is 11.3 Å². The second-order valence-electron chi connectivity index (χ2n) is 9.56. The van der Waals surface area contributed by atoms with Crippen molar-refractivity contribution in [2.45, 2.75) is 39.2 Å². The average molecular weight is 446 g/mol. The summed E-state index contributed by atoms with van der Waals surface area (Å²) in [6.07, 6.45) is 6.24. The Morgan fingerprint density at radius 3 is 2.64 bits per heavy atom. The van der Waals surface area contributed by atoms with Crippen LogP contribution in [0.5, 0.6) is 0 Å². The first-order valence-corrected chi connectivity index (χ1v) is 11.5. The quantitative estimate of drug-likeness (QED) is 0.509. The van der Waals surface area contributed by atoms with E-state index >= 15 is 0 Å². The van der Waals surface area contributed by atoms with E-state index in [1.165, 1.54) is 0 Å². The molecule has 4 aromatic rings. The van der Waals surface area contributed by atoms with Crippen molar-refractivity contribution in [3.63, 3.8) is 0 Å². The van der Waals surface area contributed by atoms with Crippen LogP contribution in [-0.2, 0) is 13.5 Å². The molecule has 8 heteroatoms. The lowest BCUT2D eigenvalue weighted by atomic mass is 9.73. The molecular formula is C25H28FN7. The monoisotopic (exact) mass is 445 g/mol. The van der Waals surface area contributed by atoms with Crippen LogP contribution in [0.2, 0.25) is 0 Å². The van der Waals surface area contributed by atoms with E-state index in [0.717, 1.165) is 77.7 Å². The Labute approximate surface area is 192 Å². The molecule has 0 saturated carbocycles. The summed E-state index contributed by atoms with van der Waals surface area (Å²) >= 11 is 0. The summed E-state index contributed by atoms with van der Waals surface area (Å²) in [6, 6.07) is 7.21. The predicted octanol–water partition coefficient (Wildman–Crippen LogP) is 3.73. The van der Waals surface area contributed by atoms with Gasteiger partial charge in [-0.05, 0) is 61.8 Å². The fraction of sp³-hybridized carbons (Fsp3) is 0.400. The van der Waals surface area contributed by atoms with Crippen LogP contribution in [0, 0.1) is 25.1 Å². The maximum atomic E-state index is 14.4. The van der Waals surface area contributed by atoms with Crippen LogP contribution in [0.25, 0.3) is 16.9 Å². The highest BCUT2D eigenvalue weighted by Crippen LogP contribution is 2.51. The predicted molar refractivity (Wildman–Crippen MR) is 126 cm³/mol. The molecule has 1 aliphatic heterocycles. The van der Waals surface area contributed by atoms with E-state index in [0.29, 0.717) is 0 Å². The zero-order valence-electron chi connectivity index (χ0n) is 19.2. The number of imidazole rings is 1. The topological polar surface area (TPSA) is 77.3 Å². The largest absolute Gasteiger partial charge is 0.355 e. The van der Waals surface area contributed by atoms with Gasteiger partial charge in [-0.3, -0.25) is 0 Å². The molecule has 170 valence electrons. The van der Waals surface area contributed by atoms with E-state index in [9.17, 15) is 4.39 Å². The number of fused-ring (bicyclic) bond motifs is 2. The Hall–Kier alpha value is -3.26. The van der Waals surface area contributed by atoms with Gasteiger partial charge >= 0.3 is 0 Å². The van der Waals surface area contributed by atoms with Gasteiger partial charge in [-0.2, -0.15) is 5.10 Å². The van der Waals surface area contributed by atoms with Crippen molar-refractivity contribution in [2.24, 2.45) is 18.2 Å². The molecule has 1 atom stereocenters. The molecule has 1 spiro atoms. The summed E-state index contributed by atoms with van der Waals surface area (Å²) in [6.45, 7) is 5.68. The van der Waals surface area contributed by atoms with Gasteiger partial charge in [0.05, 0.1) is 23.8 Å². The summed E-state index contributed by atoms with van der Waals surface area (Å²) in [4.78, 5) is 11.8. The lowest BCUT2D eigenvalue weighted by molar-refractivity contribution is 0.186. The summed E-state index contributed by atoms with van der Waals surface area (Å²) < 4.78 is 18.5. The normalized spacial score (nSPS) is 19.5. The van der Waals surface area contributed by atoms with Crippen molar-refractivity contribution in [3.8, 4) is 11.4 Å². The summed E-state index contributed by atoms with van der Waals surface area (Å²) in [5.41, 5.74) is 12.2. The molecule has 0 radical (unpaired) electrons. The Bertz CT molecular complexity index is 1380. The molecule has 3 aromatic heterocycles. The lowest BCUT2D eigenvalue weighted by Crippen LogP contribution is -2.44. The molecule has 1 saturated heterocycles. The number of piperidine rings is 1. The zero-order chi connectivity index (χ0) is 22.9. The minimum absolute atomic E-state index is 0.0845. The molecule has 2 aliphatic rings. The van der Waals surface area contributed by atoms with E-state index in [1.54, 1.807) is 12.1 Å². The summed E-state index contributed by atoms with van der Waals surface area (Å²) in [5, 5.41) is 4.63. The van der Waals surface area contributed by atoms with E-state index < -0.39 is 0 Å². The fourth-order valence-electron chi connectivity index (χ4n) is 5.82. The molecule has 0 bridgehead atoms. The van der Waals surface area contributed by atoms with Crippen molar-refractivity contribution in [3.05, 3.63) is 65.1 Å². The van der Waals surface area contributed by atoms with Gasteiger partial charge in [-0.25, -0.2) is 18.9 Å². The highest BCUT2D eigenvalue weighted by Gasteiger charge is 2.47. The number of anilines is 1. The molecule has 6 rings (SSSR count). The van der Waals surface area contributed by atoms with Crippen molar-refractivity contribution in [1.82, 2.24) is 24.1 Å². The molecule has 4 heterocycles. The molecule has 7 nitrogen and oxygen atoms in total. The first-order chi connectivity index (χ1) is 15.9. The molecule has 1 fully saturated rings. The number of aromatic nitrogens is 5. The first-order valence-electron chi connectivity index (χ1n) is 11.5. The zero-order valence-corrected chi connectivity index (χ0v) is 19.2. The Morgan fingerprint density at radius 2 is 1.94 bits per heavy atom. The van der Waals surface area contributed by atoms with Gasteiger partial charge in [0.25, 0.3) is 0 Å². The van der Waals surface area contributed by atoms with Gasteiger partial charge in [-0.15, -0.1) is 0 Å². The average Bonchev–Trinajstić information content (AvgIpc) is 3.49. The Balaban J connectivity index is 1.33. The van der Waals surface area contributed by atoms with E-state index in [-0.39, 0.29) is 17.3 Å². The lowest BCUT2D eigenvalue weighted by Gasteiger charge is -2.42. The number of hydrogen-bond donors (Lipinski definition) is 1. The van der Waals surface area contributed by atoms with Gasteiger partial charge in [-0.1, -0.05) is 12.1 Å². The van der Waals surface area contributed by atoms with Gasteiger partial charge in [0.15, 0.2) is 5.82 Å². The first kappa shape index (κ1) is 20.4. The third-order valence-corrected chi connectivity index (χ3v) is 7.90. The third kappa shape index (κ3) is 2.86. The van der Waals surface area contributed by atoms with Crippen LogP contribution in [-0.4, -0.2) is 37.2 Å². The maximum absolute atomic E-state index is 14.4. The van der Waals surface area contributed by atoms with Crippen LogP contribution < -0.4 is 10.6 Å². The van der Waals surface area contributed by atoms with Gasteiger partial charge in [0.1, 0.15) is 22.9 Å². The SMILES string of the molecule is Cc1nc(N2CCC3(CC2)Cc2c(F)cccc2[C@H]3N)c2ccnn2c1-c1cnc(C)n1C. The fourth-order valence-corrected chi connectivity index (χ4v) is 5.82. The van der Waals surface area contributed by atoms with E-state index in [1.807, 2.05) is 49.9 Å². The molecule has 1 aliphatic carbocycles. The number of hydrogen-bond acceptors (Lipinski definition) is 5. The number of halogens is 1. The van der Waals surface area contributed by atoms with Crippen LogP contribution in [0.3, 0.4) is 0 Å². The number of nitrogens with zero attached hydrogens (tertiary/aromatic N) is 6. The van der Waals surface area contributed by atoms with Crippen molar-refractivity contribution in [1.29, 1.82) is 0 Å². The minimum Gasteiger partial charge on any atom is -0.355 e. The number of nitrogens with two attached hydrogens (primary N) is 1. The smallest absolute Gasteiger partial charge is 0.155 e. The van der Waals surface area contributed by atoms with Crippen LogP contribution in [0.4, 0.5) is 10.2 Å². The van der Waals surface area contributed by atoms with E-state index in [2.05, 4.69) is 19.5 Å². The van der Waals surface area contributed by atoms with Crippen LogP contribution in [0.15, 0.2) is 36.7 Å². The van der Waals surface area contributed by atoms with E-state index in [4.69, 9.17) is 10.7 Å². The van der Waals surface area contributed by atoms with Crippen molar-refractivity contribution < 1.29 is 4.39 Å².